The minimum absolute atomic E-state index is 0.252. The van der Waals surface area contributed by atoms with Gasteiger partial charge in [0.15, 0.2) is 5.17 Å². The van der Waals surface area contributed by atoms with Gasteiger partial charge in [0.05, 0.1) is 12.2 Å². The van der Waals surface area contributed by atoms with Crippen LogP contribution >= 0.6 is 27.7 Å². The van der Waals surface area contributed by atoms with Crippen molar-refractivity contribution >= 4 is 38.5 Å². The Bertz CT molecular complexity index is 474. The van der Waals surface area contributed by atoms with E-state index in [1.165, 1.54) is 18.9 Å². The maximum Gasteiger partial charge on any atom is 0.161 e. The number of amidine groups is 1. The summed E-state index contributed by atoms with van der Waals surface area (Å²) in [5.74, 6) is 0.579. The summed E-state index contributed by atoms with van der Waals surface area (Å²) in [5.41, 5.74) is 0.496. The molecule has 3 rings (SSSR count). The summed E-state index contributed by atoms with van der Waals surface area (Å²) in [6, 6.07) is 5.01. The van der Waals surface area contributed by atoms with Crippen molar-refractivity contribution in [2.75, 3.05) is 11.9 Å². The minimum Gasteiger partial charge on any atom is -0.333 e. The molecule has 1 N–H and O–H groups in total. The maximum atomic E-state index is 13.6. The number of nitrogens with one attached hydrogen (secondary N) is 1. The van der Waals surface area contributed by atoms with Gasteiger partial charge >= 0.3 is 0 Å². The molecule has 0 amide bonds. The van der Waals surface area contributed by atoms with E-state index >= 15 is 0 Å². The van der Waals surface area contributed by atoms with Gasteiger partial charge in [0, 0.05) is 9.72 Å². The SMILES string of the molecule is Fc1cc(Br)ccc1NC1=NCC(C2CC2)S1. The first kappa shape index (κ1) is 11.5. The molecule has 1 heterocycles. The maximum absolute atomic E-state index is 13.6. The predicted octanol–water partition coefficient (Wildman–Crippen LogP) is 3.88. The molecule has 0 radical (unpaired) electrons. The Kier molecular flexibility index (Phi) is 3.13. The highest BCUT2D eigenvalue weighted by atomic mass is 79.9. The van der Waals surface area contributed by atoms with E-state index in [-0.39, 0.29) is 5.82 Å². The molecular weight excluding hydrogens is 303 g/mol. The molecule has 1 aromatic rings. The van der Waals surface area contributed by atoms with E-state index in [0.717, 1.165) is 22.1 Å². The molecule has 1 unspecified atom stereocenters. The van der Waals surface area contributed by atoms with Gasteiger partial charge in [-0.3, -0.25) is 4.99 Å². The van der Waals surface area contributed by atoms with E-state index in [1.807, 2.05) is 6.07 Å². The quantitative estimate of drug-likeness (QED) is 0.895. The van der Waals surface area contributed by atoms with Crippen LogP contribution in [0, 0.1) is 11.7 Å². The van der Waals surface area contributed by atoms with Crippen LogP contribution in [0.5, 0.6) is 0 Å². The van der Waals surface area contributed by atoms with Crippen molar-refractivity contribution in [2.24, 2.45) is 10.9 Å². The van der Waals surface area contributed by atoms with Crippen LogP contribution in [0.3, 0.4) is 0 Å². The number of anilines is 1. The van der Waals surface area contributed by atoms with E-state index in [0.29, 0.717) is 10.9 Å². The van der Waals surface area contributed by atoms with Crippen molar-refractivity contribution < 1.29 is 4.39 Å². The van der Waals surface area contributed by atoms with Crippen molar-refractivity contribution in [1.29, 1.82) is 0 Å². The van der Waals surface area contributed by atoms with E-state index < -0.39 is 0 Å². The van der Waals surface area contributed by atoms with Crippen LogP contribution in [0.15, 0.2) is 27.7 Å². The summed E-state index contributed by atoms with van der Waals surface area (Å²) >= 11 is 4.99. The molecule has 5 heteroatoms. The van der Waals surface area contributed by atoms with E-state index in [1.54, 1.807) is 17.8 Å². The molecule has 0 saturated heterocycles. The fraction of sp³-hybridized carbons (Fsp3) is 0.417. The van der Waals surface area contributed by atoms with Crippen LogP contribution in [0.25, 0.3) is 0 Å². The third kappa shape index (κ3) is 2.65. The summed E-state index contributed by atoms with van der Waals surface area (Å²) < 4.78 is 14.4. The van der Waals surface area contributed by atoms with Gasteiger partial charge in [0.1, 0.15) is 5.82 Å². The number of aliphatic imine (C=N–C) groups is 1. The van der Waals surface area contributed by atoms with Crippen LogP contribution in [-0.2, 0) is 0 Å². The van der Waals surface area contributed by atoms with Gasteiger partial charge in [-0.15, -0.1) is 0 Å². The predicted molar refractivity (Wildman–Crippen MR) is 74.1 cm³/mol. The zero-order valence-corrected chi connectivity index (χ0v) is 11.5. The van der Waals surface area contributed by atoms with Gasteiger partial charge in [0.25, 0.3) is 0 Å². The van der Waals surface area contributed by atoms with E-state index in [9.17, 15) is 4.39 Å². The van der Waals surface area contributed by atoms with Crippen LogP contribution in [0.2, 0.25) is 0 Å². The smallest absolute Gasteiger partial charge is 0.161 e. The van der Waals surface area contributed by atoms with Crippen LogP contribution in [0.1, 0.15) is 12.8 Å². The average molecular weight is 315 g/mol. The fourth-order valence-corrected chi connectivity index (χ4v) is 3.43. The standard InChI is InChI=1S/C12H12BrFN2S/c13-8-3-4-10(9(14)5-8)16-12-15-6-11(17-12)7-1-2-7/h3-5,7,11H,1-2,6H2,(H,15,16). The van der Waals surface area contributed by atoms with Gasteiger partial charge in [-0.1, -0.05) is 27.7 Å². The zero-order valence-electron chi connectivity index (χ0n) is 9.12. The lowest BCUT2D eigenvalue weighted by Gasteiger charge is -2.08. The minimum atomic E-state index is -0.252. The number of halogens is 2. The number of hydrogen-bond donors (Lipinski definition) is 1. The van der Waals surface area contributed by atoms with Gasteiger partial charge in [-0.25, -0.2) is 4.39 Å². The molecule has 1 atom stereocenters. The van der Waals surface area contributed by atoms with Crippen molar-refractivity contribution in [1.82, 2.24) is 0 Å². The van der Waals surface area contributed by atoms with Gasteiger partial charge in [-0.2, -0.15) is 0 Å². The van der Waals surface area contributed by atoms with Crippen LogP contribution in [-0.4, -0.2) is 17.0 Å². The molecular formula is C12H12BrFN2S. The highest BCUT2D eigenvalue weighted by molar-refractivity contribution is 9.10. The first-order valence-corrected chi connectivity index (χ1v) is 7.33. The third-order valence-corrected chi connectivity index (χ3v) is 4.78. The van der Waals surface area contributed by atoms with E-state index in [2.05, 4.69) is 26.2 Å². The average Bonchev–Trinajstić information content (AvgIpc) is 3.04. The summed E-state index contributed by atoms with van der Waals surface area (Å²) in [4.78, 5) is 4.43. The van der Waals surface area contributed by atoms with Gasteiger partial charge in [0.2, 0.25) is 0 Å². The second-order valence-corrected chi connectivity index (χ2v) is 6.53. The summed E-state index contributed by atoms with van der Waals surface area (Å²) in [5, 5.41) is 4.52. The lowest BCUT2D eigenvalue weighted by molar-refractivity contribution is 0.631. The Labute approximate surface area is 112 Å². The number of rotatable bonds is 2. The lowest BCUT2D eigenvalue weighted by atomic mass is 10.3. The molecule has 0 aromatic heterocycles. The summed E-state index contributed by atoms with van der Waals surface area (Å²) in [6.45, 7) is 0.871. The zero-order chi connectivity index (χ0) is 11.8. The van der Waals surface area contributed by atoms with Crippen LogP contribution in [0.4, 0.5) is 10.1 Å². The number of hydrogen-bond acceptors (Lipinski definition) is 3. The second-order valence-electron chi connectivity index (χ2n) is 4.39. The Hall–Kier alpha value is -0.550. The summed E-state index contributed by atoms with van der Waals surface area (Å²) in [7, 11) is 0. The van der Waals surface area contributed by atoms with Crippen molar-refractivity contribution in [3.63, 3.8) is 0 Å². The molecule has 2 nitrogen and oxygen atoms in total. The lowest BCUT2D eigenvalue weighted by Crippen LogP contribution is -2.09. The largest absolute Gasteiger partial charge is 0.333 e. The highest BCUT2D eigenvalue weighted by Crippen LogP contribution is 2.42. The molecule has 1 fully saturated rings. The molecule has 1 aliphatic heterocycles. The molecule has 2 aliphatic rings. The number of nitrogens with zero attached hydrogens (tertiary/aromatic N) is 1. The van der Waals surface area contributed by atoms with Crippen molar-refractivity contribution in [2.45, 2.75) is 18.1 Å². The third-order valence-electron chi connectivity index (χ3n) is 3.00. The fourth-order valence-electron chi connectivity index (χ4n) is 1.88. The van der Waals surface area contributed by atoms with Crippen LogP contribution < -0.4 is 5.32 Å². The Morgan fingerprint density at radius 3 is 2.94 bits per heavy atom. The van der Waals surface area contributed by atoms with E-state index in [4.69, 9.17) is 0 Å². The number of thioether (sulfide) groups is 1. The first-order valence-electron chi connectivity index (χ1n) is 5.65. The molecule has 17 heavy (non-hydrogen) atoms. The first-order chi connectivity index (χ1) is 8.22. The summed E-state index contributed by atoms with van der Waals surface area (Å²) in [6.07, 6.45) is 2.65. The second kappa shape index (κ2) is 4.61. The number of benzene rings is 1. The molecule has 0 bridgehead atoms. The normalized spacial score (nSPS) is 23.6. The molecule has 1 saturated carbocycles. The Morgan fingerprint density at radius 2 is 2.24 bits per heavy atom. The Balaban J connectivity index is 1.66. The molecule has 90 valence electrons. The topological polar surface area (TPSA) is 24.4 Å². The monoisotopic (exact) mass is 314 g/mol. The van der Waals surface area contributed by atoms with Crippen molar-refractivity contribution in [3.05, 3.63) is 28.5 Å². The molecule has 1 aliphatic carbocycles. The molecule has 0 spiro atoms. The van der Waals surface area contributed by atoms with Gasteiger partial charge < -0.3 is 5.32 Å². The van der Waals surface area contributed by atoms with Crippen molar-refractivity contribution in [3.8, 4) is 0 Å². The molecule has 1 aromatic carbocycles. The van der Waals surface area contributed by atoms with Gasteiger partial charge in [-0.05, 0) is 37.0 Å². The highest BCUT2D eigenvalue weighted by Gasteiger charge is 2.35. The Morgan fingerprint density at radius 1 is 1.41 bits per heavy atom.